The van der Waals surface area contributed by atoms with E-state index in [0.717, 1.165) is 22.5 Å². The van der Waals surface area contributed by atoms with Crippen LogP contribution in [0.2, 0.25) is 10.0 Å². The molecule has 7 nitrogen and oxygen atoms in total. The third-order valence-electron chi connectivity index (χ3n) is 5.56. The van der Waals surface area contributed by atoms with Gasteiger partial charge in [0.15, 0.2) is 0 Å². The largest absolute Gasteiger partial charge is 0.352 e. The first-order chi connectivity index (χ1) is 15.8. The summed E-state index contributed by atoms with van der Waals surface area (Å²) in [6.45, 7) is 6.74. The van der Waals surface area contributed by atoms with Crippen LogP contribution in [0.4, 0.5) is 5.69 Å². The Labute approximate surface area is 212 Å². The molecule has 186 valence electrons. The van der Waals surface area contributed by atoms with Crippen molar-refractivity contribution in [1.82, 2.24) is 10.2 Å². The summed E-state index contributed by atoms with van der Waals surface area (Å²) >= 11 is 12.7. The molecule has 2 rings (SSSR count). The molecule has 0 spiro atoms. The molecular weight excluding hydrogens is 497 g/mol. The molecule has 0 saturated carbocycles. The van der Waals surface area contributed by atoms with Gasteiger partial charge in [-0.3, -0.25) is 13.9 Å². The predicted octanol–water partition coefficient (Wildman–Crippen LogP) is 4.40. The summed E-state index contributed by atoms with van der Waals surface area (Å²) in [5, 5.41) is 3.56. The topological polar surface area (TPSA) is 86.8 Å². The van der Waals surface area contributed by atoms with Gasteiger partial charge >= 0.3 is 0 Å². The maximum absolute atomic E-state index is 13.5. The molecule has 10 heteroatoms. The van der Waals surface area contributed by atoms with Crippen LogP contribution in [0.5, 0.6) is 0 Å². The monoisotopic (exact) mass is 527 g/mol. The highest BCUT2D eigenvalue weighted by molar-refractivity contribution is 7.92. The molecule has 34 heavy (non-hydrogen) atoms. The van der Waals surface area contributed by atoms with E-state index in [0.29, 0.717) is 21.3 Å². The van der Waals surface area contributed by atoms with E-state index >= 15 is 0 Å². The number of nitrogens with one attached hydrogen (secondary N) is 1. The highest BCUT2D eigenvalue weighted by Crippen LogP contribution is 2.27. The van der Waals surface area contributed by atoms with Crippen molar-refractivity contribution in [3.8, 4) is 0 Å². The fourth-order valence-electron chi connectivity index (χ4n) is 3.23. The molecule has 0 radical (unpaired) electrons. The Morgan fingerprint density at radius 2 is 1.59 bits per heavy atom. The van der Waals surface area contributed by atoms with Gasteiger partial charge in [0.1, 0.15) is 12.6 Å². The first-order valence-corrected chi connectivity index (χ1v) is 13.5. The summed E-state index contributed by atoms with van der Waals surface area (Å²) in [5.74, 6) is -0.916. The predicted molar refractivity (Wildman–Crippen MR) is 138 cm³/mol. The molecular formula is C24H31Cl2N3O4S. The van der Waals surface area contributed by atoms with Crippen molar-refractivity contribution in [3.63, 3.8) is 0 Å². The second-order valence-corrected chi connectivity index (χ2v) is 11.0. The standard InChI is InChI=1S/C24H31Cl2N3O4S/c1-6-17(3)27-24(31)18(4)28(14-20-21(25)8-7-9-22(20)26)23(30)15-29(34(5,32)33)19-12-10-16(2)11-13-19/h7-13,17-18H,6,14-15H2,1-5H3,(H,27,31). The van der Waals surface area contributed by atoms with Crippen molar-refractivity contribution >= 4 is 50.7 Å². The maximum atomic E-state index is 13.5. The average Bonchev–Trinajstić information content (AvgIpc) is 2.76. The summed E-state index contributed by atoms with van der Waals surface area (Å²) < 4.78 is 26.1. The normalized spacial score (nSPS) is 13.1. The van der Waals surface area contributed by atoms with Crippen molar-refractivity contribution < 1.29 is 18.0 Å². The number of sulfonamides is 1. The zero-order chi connectivity index (χ0) is 25.6. The van der Waals surface area contributed by atoms with Crippen LogP contribution in [0.3, 0.4) is 0 Å². The van der Waals surface area contributed by atoms with Gasteiger partial charge in [-0.2, -0.15) is 0 Å². The van der Waals surface area contributed by atoms with E-state index < -0.39 is 28.5 Å². The molecule has 0 heterocycles. The van der Waals surface area contributed by atoms with E-state index in [-0.39, 0.29) is 18.5 Å². The van der Waals surface area contributed by atoms with Gasteiger partial charge < -0.3 is 10.2 Å². The molecule has 0 aliphatic rings. The van der Waals surface area contributed by atoms with E-state index in [2.05, 4.69) is 5.32 Å². The molecule has 0 fully saturated rings. The fraction of sp³-hybridized carbons (Fsp3) is 0.417. The molecule has 0 aliphatic carbocycles. The average molecular weight is 529 g/mol. The van der Waals surface area contributed by atoms with Crippen LogP contribution in [-0.2, 0) is 26.2 Å². The molecule has 2 aromatic rings. The number of carbonyl (C=O) groups excluding carboxylic acids is 2. The zero-order valence-electron chi connectivity index (χ0n) is 20.0. The van der Waals surface area contributed by atoms with Crippen molar-refractivity contribution in [3.05, 3.63) is 63.6 Å². The van der Waals surface area contributed by atoms with Gasteiger partial charge in [-0.05, 0) is 51.5 Å². The summed E-state index contributed by atoms with van der Waals surface area (Å²) in [4.78, 5) is 27.7. The number of amides is 2. The van der Waals surface area contributed by atoms with Gasteiger partial charge in [-0.15, -0.1) is 0 Å². The highest BCUT2D eigenvalue weighted by atomic mass is 35.5. The second-order valence-electron chi connectivity index (χ2n) is 8.32. The number of benzene rings is 2. The van der Waals surface area contributed by atoms with E-state index in [1.54, 1.807) is 49.4 Å². The number of nitrogens with zero attached hydrogens (tertiary/aromatic N) is 2. The summed E-state index contributed by atoms with van der Waals surface area (Å²) in [6, 6.07) is 10.8. The van der Waals surface area contributed by atoms with Crippen LogP contribution in [-0.4, -0.2) is 50.0 Å². The van der Waals surface area contributed by atoms with Gasteiger partial charge in [-0.1, -0.05) is 53.9 Å². The number of aryl methyl sites for hydroxylation is 1. The van der Waals surface area contributed by atoms with Crippen LogP contribution in [0, 0.1) is 6.92 Å². The lowest BCUT2D eigenvalue weighted by atomic mass is 10.1. The number of anilines is 1. The van der Waals surface area contributed by atoms with Gasteiger partial charge in [0.05, 0.1) is 11.9 Å². The van der Waals surface area contributed by atoms with Crippen LogP contribution in [0.25, 0.3) is 0 Å². The van der Waals surface area contributed by atoms with Crippen LogP contribution >= 0.6 is 23.2 Å². The van der Waals surface area contributed by atoms with Crippen LogP contribution in [0.15, 0.2) is 42.5 Å². The number of rotatable bonds is 10. The molecule has 0 bridgehead atoms. The number of carbonyl (C=O) groups is 2. The molecule has 0 aromatic heterocycles. The summed E-state index contributed by atoms with van der Waals surface area (Å²) in [6.07, 6.45) is 1.76. The van der Waals surface area contributed by atoms with E-state index in [1.807, 2.05) is 20.8 Å². The third kappa shape index (κ3) is 7.35. The Bertz CT molecular complexity index is 1100. The van der Waals surface area contributed by atoms with Crippen LogP contribution < -0.4 is 9.62 Å². The third-order valence-corrected chi connectivity index (χ3v) is 7.41. The van der Waals surface area contributed by atoms with Crippen molar-refractivity contribution in [1.29, 1.82) is 0 Å². The van der Waals surface area contributed by atoms with Crippen molar-refractivity contribution in [2.24, 2.45) is 0 Å². The van der Waals surface area contributed by atoms with Crippen molar-refractivity contribution in [2.45, 2.75) is 52.7 Å². The maximum Gasteiger partial charge on any atom is 0.244 e. The lowest BCUT2D eigenvalue weighted by molar-refractivity contribution is -0.139. The Kier molecular flexibility index (Phi) is 9.79. The van der Waals surface area contributed by atoms with Crippen LogP contribution in [0.1, 0.15) is 38.3 Å². The molecule has 0 saturated heterocycles. The molecule has 2 aromatic carbocycles. The van der Waals surface area contributed by atoms with E-state index in [4.69, 9.17) is 23.2 Å². The second kappa shape index (κ2) is 11.9. The first-order valence-electron chi connectivity index (χ1n) is 10.9. The molecule has 0 aliphatic heterocycles. The Morgan fingerprint density at radius 3 is 2.09 bits per heavy atom. The quantitative estimate of drug-likeness (QED) is 0.495. The van der Waals surface area contributed by atoms with E-state index in [1.165, 1.54) is 4.90 Å². The molecule has 2 atom stereocenters. The lowest BCUT2D eigenvalue weighted by Crippen LogP contribution is -2.52. The summed E-state index contributed by atoms with van der Waals surface area (Å²) in [7, 11) is -3.78. The van der Waals surface area contributed by atoms with E-state index in [9.17, 15) is 18.0 Å². The number of hydrogen-bond donors (Lipinski definition) is 1. The van der Waals surface area contributed by atoms with Gasteiger partial charge in [0.25, 0.3) is 0 Å². The number of halogens is 2. The minimum absolute atomic E-state index is 0.0576. The Hall–Kier alpha value is -2.29. The number of hydrogen-bond acceptors (Lipinski definition) is 4. The Morgan fingerprint density at radius 1 is 1.03 bits per heavy atom. The minimum Gasteiger partial charge on any atom is -0.352 e. The molecule has 2 unspecified atom stereocenters. The smallest absolute Gasteiger partial charge is 0.244 e. The minimum atomic E-state index is -3.78. The Balaban J connectivity index is 2.43. The molecule has 1 N–H and O–H groups in total. The first kappa shape index (κ1) is 28.0. The van der Waals surface area contributed by atoms with Gasteiger partial charge in [0.2, 0.25) is 21.8 Å². The summed E-state index contributed by atoms with van der Waals surface area (Å²) in [5.41, 5.74) is 1.78. The highest BCUT2D eigenvalue weighted by Gasteiger charge is 2.31. The van der Waals surface area contributed by atoms with Gasteiger partial charge in [-0.25, -0.2) is 8.42 Å². The SMILES string of the molecule is CCC(C)NC(=O)C(C)N(Cc1c(Cl)cccc1Cl)C(=O)CN(c1ccc(C)cc1)S(C)(=O)=O. The molecule has 2 amide bonds. The zero-order valence-corrected chi connectivity index (χ0v) is 22.3. The van der Waals surface area contributed by atoms with Gasteiger partial charge in [0, 0.05) is 28.2 Å². The van der Waals surface area contributed by atoms with Crippen molar-refractivity contribution in [2.75, 3.05) is 17.1 Å². The fourth-order valence-corrected chi connectivity index (χ4v) is 4.59. The lowest BCUT2D eigenvalue weighted by Gasteiger charge is -2.32.